The fraction of sp³-hybridized carbons (Fsp3) is 0.163. The van der Waals surface area contributed by atoms with Crippen LogP contribution in [0.2, 0.25) is 0 Å². The van der Waals surface area contributed by atoms with E-state index in [9.17, 15) is 0 Å². The maximum absolute atomic E-state index is 6.18. The number of nitrogens with zero attached hydrogens (tertiary/aromatic N) is 2. The van der Waals surface area contributed by atoms with E-state index >= 15 is 0 Å². The highest BCUT2D eigenvalue weighted by atomic mass is 16.5. The summed E-state index contributed by atoms with van der Waals surface area (Å²) in [4.78, 5) is 4.61. The van der Waals surface area contributed by atoms with Gasteiger partial charge in [-0.1, -0.05) is 97.1 Å². The van der Waals surface area contributed by atoms with Gasteiger partial charge >= 0.3 is 0 Å². The highest BCUT2D eigenvalue weighted by molar-refractivity contribution is 5.86. The minimum Gasteiger partial charge on any atom is -0.473 e. The molecule has 1 aliphatic carbocycles. The first-order valence-corrected chi connectivity index (χ1v) is 16.4. The van der Waals surface area contributed by atoms with Crippen molar-refractivity contribution in [2.24, 2.45) is 0 Å². The second-order valence-electron chi connectivity index (χ2n) is 13.1. The zero-order valence-corrected chi connectivity index (χ0v) is 26.7. The number of hydrogen-bond acceptors (Lipinski definition) is 4. The highest BCUT2D eigenvalue weighted by Crippen LogP contribution is 2.56. The summed E-state index contributed by atoms with van der Waals surface area (Å²) < 4.78 is 12.4. The first-order chi connectivity index (χ1) is 23.1. The van der Waals surface area contributed by atoms with Gasteiger partial charge in [-0.3, -0.25) is 0 Å². The fourth-order valence-corrected chi connectivity index (χ4v) is 7.85. The van der Waals surface area contributed by atoms with E-state index in [-0.39, 0.29) is 0 Å². The lowest BCUT2D eigenvalue weighted by Gasteiger charge is -2.36. The third-order valence-corrected chi connectivity index (χ3v) is 10.2. The fourth-order valence-electron chi connectivity index (χ4n) is 7.85. The van der Waals surface area contributed by atoms with Crippen LogP contribution in [-0.4, -0.2) is 13.5 Å². The van der Waals surface area contributed by atoms with Gasteiger partial charge in [0.15, 0.2) is 13.5 Å². The van der Waals surface area contributed by atoms with Crippen molar-refractivity contribution in [3.05, 3.63) is 178 Å². The van der Waals surface area contributed by atoms with Crippen LogP contribution in [0.25, 0.3) is 11.1 Å². The van der Waals surface area contributed by atoms with Crippen LogP contribution < -0.4 is 19.3 Å². The molecule has 6 aromatic rings. The molecule has 0 atom stereocenters. The van der Waals surface area contributed by atoms with E-state index in [4.69, 9.17) is 9.47 Å². The molecule has 230 valence electrons. The minimum absolute atomic E-state index is 0.449. The van der Waals surface area contributed by atoms with Gasteiger partial charge in [-0.05, 0) is 94.8 Å². The van der Waals surface area contributed by atoms with Gasteiger partial charge in [0.1, 0.15) is 11.5 Å². The van der Waals surface area contributed by atoms with Crippen molar-refractivity contribution < 1.29 is 9.47 Å². The van der Waals surface area contributed by atoms with Crippen molar-refractivity contribution in [3.8, 4) is 22.6 Å². The summed E-state index contributed by atoms with van der Waals surface area (Å²) in [5.74, 6) is 1.99. The first-order valence-electron chi connectivity index (χ1n) is 16.4. The van der Waals surface area contributed by atoms with E-state index in [1.807, 2.05) is 0 Å². The van der Waals surface area contributed by atoms with E-state index in [0.717, 1.165) is 36.0 Å². The summed E-state index contributed by atoms with van der Waals surface area (Å²) in [5, 5.41) is 0. The predicted octanol–water partition coefficient (Wildman–Crippen LogP) is 9.38. The molecule has 47 heavy (non-hydrogen) atoms. The van der Waals surface area contributed by atoms with Gasteiger partial charge in [0.25, 0.3) is 0 Å². The van der Waals surface area contributed by atoms with E-state index < -0.39 is 5.41 Å². The summed E-state index contributed by atoms with van der Waals surface area (Å²) in [5.41, 5.74) is 14.5. The Morgan fingerprint density at radius 3 is 1.36 bits per heavy atom. The second-order valence-corrected chi connectivity index (χ2v) is 13.1. The normalized spacial score (nSPS) is 15.5. The van der Waals surface area contributed by atoms with Crippen LogP contribution in [0.1, 0.15) is 44.5 Å². The van der Waals surface area contributed by atoms with Crippen molar-refractivity contribution in [2.45, 2.75) is 32.4 Å². The predicted molar refractivity (Wildman–Crippen MR) is 189 cm³/mol. The van der Waals surface area contributed by atoms with Gasteiger partial charge in [-0.15, -0.1) is 0 Å². The Morgan fingerprint density at radius 1 is 0.489 bits per heavy atom. The van der Waals surface area contributed by atoms with Crippen molar-refractivity contribution in [3.63, 3.8) is 0 Å². The van der Waals surface area contributed by atoms with Crippen molar-refractivity contribution >= 4 is 11.4 Å². The molecule has 0 unspecified atom stereocenters. The van der Waals surface area contributed by atoms with Gasteiger partial charge in [0.05, 0.1) is 5.41 Å². The number of anilines is 2. The smallest absolute Gasteiger partial charge is 0.161 e. The lowest BCUT2D eigenvalue weighted by molar-refractivity contribution is 0.289. The number of hydrogen-bond donors (Lipinski definition) is 0. The largest absolute Gasteiger partial charge is 0.473 e. The number of benzene rings is 6. The average molecular weight is 613 g/mol. The summed E-state index contributed by atoms with van der Waals surface area (Å²) in [6, 6.07) is 49.2. The maximum atomic E-state index is 6.18. The lowest BCUT2D eigenvalue weighted by Crippen LogP contribution is -2.33. The average Bonchev–Trinajstić information content (AvgIpc) is 3.42. The molecule has 6 aromatic carbocycles. The molecular formula is C43H36N2O2. The van der Waals surface area contributed by atoms with Crippen LogP contribution in [0.3, 0.4) is 0 Å². The summed E-state index contributed by atoms with van der Waals surface area (Å²) >= 11 is 0. The van der Waals surface area contributed by atoms with Gasteiger partial charge < -0.3 is 19.3 Å². The number of aryl methyl sites for hydroxylation is 2. The molecule has 4 heteroatoms. The van der Waals surface area contributed by atoms with Crippen LogP contribution >= 0.6 is 0 Å². The molecule has 0 amide bonds. The Balaban J connectivity index is 1.12. The zero-order chi connectivity index (χ0) is 31.5. The monoisotopic (exact) mass is 612 g/mol. The molecule has 2 heterocycles. The first kappa shape index (κ1) is 27.8. The molecule has 4 nitrogen and oxygen atoms in total. The molecule has 3 aliphatic rings. The van der Waals surface area contributed by atoms with Gasteiger partial charge in [-0.25, -0.2) is 0 Å². The van der Waals surface area contributed by atoms with Crippen LogP contribution in [0.5, 0.6) is 11.5 Å². The van der Waals surface area contributed by atoms with Crippen molar-refractivity contribution in [2.75, 3.05) is 23.3 Å². The van der Waals surface area contributed by atoms with Crippen LogP contribution in [0.15, 0.2) is 133 Å². The molecule has 0 saturated heterocycles. The van der Waals surface area contributed by atoms with Gasteiger partial charge in [-0.2, -0.15) is 0 Å². The van der Waals surface area contributed by atoms with Gasteiger partial charge in [0, 0.05) is 35.6 Å². The number of rotatable bonds is 4. The number of fused-ring (bicyclic) bond motifs is 5. The minimum atomic E-state index is -0.449. The van der Waals surface area contributed by atoms with Crippen LogP contribution in [-0.2, 0) is 18.5 Å². The van der Waals surface area contributed by atoms with E-state index in [0.29, 0.717) is 13.5 Å². The Labute approximate surface area is 276 Å². The van der Waals surface area contributed by atoms with Gasteiger partial charge in [0.2, 0.25) is 0 Å². The number of ether oxygens (including phenoxy) is 2. The third-order valence-electron chi connectivity index (χ3n) is 10.2. The standard InChI is InChI=1S/C43H36N2O2/c1-29-11-13-31-25-44(27-46-41(31)23-29)35-19-15-33(16-20-35)43(39-9-5-3-7-37(39)38-8-4-6-10-40(38)43)34-17-21-36(22-18-34)45-26-32-14-12-30(2)24-42(32)47-28-45/h3-24H,25-28H2,1-2H3. The van der Waals surface area contributed by atoms with E-state index in [2.05, 4.69) is 157 Å². The lowest BCUT2D eigenvalue weighted by atomic mass is 9.67. The molecule has 0 fully saturated rings. The van der Waals surface area contributed by atoms with Crippen molar-refractivity contribution in [1.82, 2.24) is 0 Å². The molecule has 0 saturated carbocycles. The summed E-state index contributed by atoms with van der Waals surface area (Å²) in [6.45, 7) is 6.96. The van der Waals surface area contributed by atoms with Crippen LogP contribution in [0, 0.1) is 13.8 Å². The third kappa shape index (κ3) is 4.43. The molecule has 0 spiro atoms. The second kappa shape index (κ2) is 10.8. The Bertz CT molecular complexity index is 1980. The summed E-state index contributed by atoms with van der Waals surface area (Å²) in [7, 11) is 0. The molecule has 0 radical (unpaired) electrons. The molecule has 2 aliphatic heterocycles. The molecule has 9 rings (SSSR count). The quantitative estimate of drug-likeness (QED) is 0.198. The van der Waals surface area contributed by atoms with Crippen molar-refractivity contribution in [1.29, 1.82) is 0 Å². The SMILES string of the molecule is Cc1ccc2c(c1)OCN(c1ccc(C3(c4ccc(N5COc6cc(C)ccc6C5)cc4)c4ccccc4-c4ccccc43)cc1)C2. The van der Waals surface area contributed by atoms with Crippen LogP contribution in [0.4, 0.5) is 11.4 Å². The maximum Gasteiger partial charge on any atom is 0.161 e. The summed E-state index contributed by atoms with van der Waals surface area (Å²) in [6.07, 6.45) is 0. The molecule has 0 aromatic heterocycles. The van der Waals surface area contributed by atoms with E-state index in [1.165, 1.54) is 55.6 Å². The Hall–Kier alpha value is -5.48. The molecular weight excluding hydrogens is 576 g/mol. The molecule has 0 bridgehead atoms. The zero-order valence-electron chi connectivity index (χ0n) is 26.7. The Kier molecular flexibility index (Phi) is 6.39. The van der Waals surface area contributed by atoms with E-state index in [1.54, 1.807) is 0 Å². The highest BCUT2D eigenvalue weighted by Gasteiger charge is 2.46. The molecule has 0 N–H and O–H groups in total. The Morgan fingerprint density at radius 2 is 0.915 bits per heavy atom. The topological polar surface area (TPSA) is 24.9 Å².